The fraction of sp³-hybridized carbons (Fsp3) is 0.167. The number of benzene rings is 3. The fourth-order valence-electron chi connectivity index (χ4n) is 2.88. The van der Waals surface area contributed by atoms with Gasteiger partial charge in [0.25, 0.3) is 5.91 Å². The summed E-state index contributed by atoms with van der Waals surface area (Å²) >= 11 is 1.52. The molecular weight excluding hydrogens is 380 g/mol. The van der Waals surface area contributed by atoms with Crippen molar-refractivity contribution in [3.05, 3.63) is 89.0 Å². The number of hydrogen-bond donors (Lipinski definition) is 2. The molecule has 0 spiro atoms. The largest absolute Gasteiger partial charge is 0.325 e. The van der Waals surface area contributed by atoms with Gasteiger partial charge < -0.3 is 10.6 Å². The van der Waals surface area contributed by atoms with E-state index in [0.29, 0.717) is 22.7 Å². The van der Waals surface area contributed by atoms with Gasteiger partial charge in [0, 0.05) is 21.8 Å². The minimum atomic E-state index is -0.178. The lowest BCUT2D eigenvalue weighted by Crippen LogP contribution is -2.17. The second kappa shape index (κ2) is 9.43. The highest BCUT2D eigenvalue weighted by Crippen LogP contribution is 2.26. The Bertz CT molecular complexity index is 1030. The topological polar surface area (TPSA) is 58.2 Å². The van der Waals surface area contributed by atoms with E-state index in [2.05, 4.69) is 28.8 Å². The number of rotatable bonds is 6. The standard InChI is InChI=1S/C24H24N2O2S/c1-16-12-13-17(2)22(14-16)29-15-23(27)25-20-10-7-11-21(18(20)3)26-24(28)19-8-5-4-6-9-19/h4-14H,15H2,1-3H3,(H,25,27)(H,26,28). The highest BCUT2D eigenvalue weighted by atomic mass is 32.2. The number of nitrogens with one attached hydrogen (secondary N) is 2. The first-order valence-corrected chi connectivity index (χ1v) is 10.4. The van der Waals surface area contributed by atoms with Crippen LogP contribution in [0.3, 0.4) is 0 Å². The van der Waals surface area contributed by atoms with E-state index in [4.69, 9.17) is 0 Å². The van der Waals surface area contributed by atoms with Crippen molar-refractivity contribution in [2.24, 2.45) is 0 Å². The van der Waals surface area contributed by atoms with E-state index in [1.165, 1.54) is 17.3 Å². The molecule has 0 unspecified atom stereocenters. The van der Waals surface area contributed by atoms with Crippen LogP contribution in [-0.2, 0) is 4.79 Å². The quantitative estimate of drug-likeness (QED) is 0.526. The van der Waals surface area contributed by atoms with Crippen molar-refractivity contribution in [1.82, 2.24) is 0 Å². The Morgan fingerprint density at radius 2 is 1.52 bits per heavy atom. The van der Waals surface area contributed by atoms with Crippen LogP contribution in [0.15, 0.2) is 71.6 Å². The molecule has 0 saturated heterocycles. The normalized spacial score (nSPS) is 10.4. The van der Waals surface area contributed by atoms with Crippen molar-refractivity contribution >= 4 is 35.0 Å². The van der Waals surface area contributed by atoms with Crippen LogP contribution in [-0.4, -0.2) is 17.6 Å². The molecule has 0 aliphatic carbocycles. The molecular formula is C24H24N2O2S. The van der Waals surface area contributed by atoms with E-state index in [1.54, 1.807) is 12.1 Å². The van der Waals surface area contributed by atoms with Crippen molar-refractivity contribution in [1.29, 1.82) is 0 Å². The number of hydrogen-bond acceptors (Lipinski definition) is 3. The molecule has 3 aromatic rings. The average molecular weight is 405 g/mol. The van der Waals surface area contributed by atoms with Gasteiger partial charge in [-0.2, -0.15) is 0 Å². The van der Waals surface area contributed by atoms with Gasteiger partial charge >= 0.3 is 0 Å². The summed E-state index contributed by atoms with van der Waals surface area (Å²) < 4.78 is 0. The van der Waals surface area contributed by atoms with E-state index in [9.17, 15) is 9.59 Å². The van der Waals surface area contributed by atoms with Crippen LogP contribution < -0.4 is 10.6 Å². The Hall–Kier alpha value is -3.05. The zero-order valence-electron chi connectivity index (χ0n) is 16.8. The molecule has 0 aliphatic heterocycles. The molecule has 0 aliphatic rings. The number of carbonyl (C=O) groups excluding carboxylic acids is 2. The van der Waals surface area contributed by atoms with E-state index in [0.717, 1.165) is 16.0 Å². The molecule has 2 N–H and O–H groups in total. The summed E-state index contributed by atoms with van der Waals surface area (Å²) in [5, 5.41) is 5.87. The smallest absolute Gasteiger partial charge is 0.255 e. The van der Waals surface area contributed by atoms with E-state index < -0.39 is 0 Å². The lowest BCUT2D eigenvalue weighted by atomic mass is 10.1. The summed E-state index contributed by atoms with van der Waals surface area (Å²) in [6.45, 7) is 5.97. The highest BCUT2D eigenvalue weighted by molar-refractivity contribution is 8.00. The van der Waals surface area contributed by atoms with Crippen molar-refractivity contribution in [2.45, 2.75) is 25.7 Å². The molecule has 0 fully saturated rings. The summed E-state index contributed by atoms with van der Waals surface area (Å²) in [6.07, 6.45) is 0. The number of anilines is 2. The van der Waals surface area contributed by atoms with Gasteiger partial charge in [-0.25, -0.2) is 0 Å². The third-order valence-electron chi connectivity index (χ3n) is 4.59. The van der Waals surface area contributed by atoms with Crippen molar-refractivity contribution < 1.29 is 9.59 Å². The number of aryl methyl sites for hydroxylation is 2. The molecule has 29 heavy (non-hydrogen) atoms. The van der Waals surface area contributed by atoms with Crippen molar-refractivity contribution in [2.75, 3.05) is 16.4 Å². The zero-order valence-corrected chi connectivity index (χ0v) is 17.6. The maximum Gasteiger partial charge on any atom is 0.255 e. The third-order valence-corrected chi connectivity index (χ3v) is 5.75. The van der Waals surface area contributed by atoms with Gasteiger partial charge in [-0.15, -0.1) is 11.8 Å². The van der Waals surface area contributed by atoms with Crippen molar-refractivity contribution in [3.8, 4) is 0 Å². The van der Waals surface area contributed by atoms with Crippen LogP contribution >= 0.6 is 11.8 Å². The van der Waals surface area contributed by atoms with Gasteiger partial charge in [0.05, 0.1) is 5.75 Å². The molecule has 0 saturated carbocycles. The van der Waals surface area contributed by atoms with Crippen LogP contribution in [0.25, 0.3) is 0 Å². The molecule has 0 aromatic heterocycles. The van der Waals surface area contributed by atoms with Crippen LogP contribution in [0.4, 0.5) is 11.4 Å². The first-order chi connectivity index (χ1) is 13.9. The van der Waals surface area contributed by atoms with Gasteiger partial charge in [-0.3, -0.25) is 9.59 Å². The van der Waals surface area contributed by atoms with Gasteiger partial charge in [0.2, 0.25) is 5.91 Å². The number of carbonyl (C=O) groups is 2. The molecule has 0 heterocycles. The second-order valence-corrected chi connectivity index (χ2v) is 7.92. The molecule has 3 aromatic carbocycles. The first kappa shape index (κ1) is 20.7. The predicted octanol–water partition coefficient (Wildman–Crippen LogP) is 5.59. The highest BCUT2D eigenvalue weighted by Gasteiger charge is 2.12. The summed E-state index contributed by atoms with van der Waals surface area (Å²) in [7, 11) is 0. The average Bonchev–Trinajstić information content (AvgIpc) is 2.72. The second-order valence-electron chi connectivity index (χ2n) is 6.90. The first-order valence-electron chi connectivity index (χ1n) is 9.40. The van der Waals surface area contributed by atoms with Crippen LogP contribution in [0, 0.1) is 20.8 Å². The summed E-state index contributed by atoms with van der Waals surface area (Å²) in [6, 6.07) is 20.8. The summed E-state index contributed by atoms with van der Waals surface area (Å²) in [5.41, 5.74) is 5.13. The van der Waals surface area contributed by atoms with Crippen LogP contribution in [0.1, 0.15) is 27.0 Å². The zero-order chi connectivity index (χ0) is 20.8. The molecule has 0 radical (unpaired) electrons. The summed E-state index contributed by atoms with van der Waals surface area (Å²) in [5.74, 6) is 0.0674. The molecule has 3 rings (SSSR count). The Labute approximate surface area is 175 Å². The van der Waals surface area contributed by atoms with Gasteiger partial charge in [-0.05, 0) is 62.2 Å². The van der Waals surface area contributed by atoms with Crippen LogP contribution in [0.5, 0.6) is 0 Å². The molecule has 0 bridgehead atoms. The Kier molecular flexibility index (Phi) is 6.73. The SMILES string of the molecule is Cc1ccc(C)c(SCC(=O)Nc2cccc(NC(=O)c3ccccc3)c2C)c1. The van der Waals surface area contributed by atoms with E-state index >= 15 is 0 Å². The molecule has 0 atom stereocenters. The van der Waals surface area contributed by atoms with Gasteiger partial charge in [0.1, 0.15) is 0 Å². The van der Waals surface area contributed by atoms with Crippen molar-refractivity contribution in [3.63, 3.8) is 0 Å². The molecule has 5 heteroatoms. The van der Waals surface area contributed by atoms with Crippen LogP contribution in [0.2, 0.25) is 0 Å². The van der Waals surface area contributed by atoms with E-state index in [1.807, 2.05) is 57.2 Å². The Morgan fingerprint density at radius 1 is 0.828 bits per heavy atom. The molecule has 4 nitrogen and oxygen atoms in total. The predicted molar refractivity (Wildman–Crippen MR) is 121 cm³/mol. The maximum atomic E-state index is 12.5. The van der Waals surface area contributed by atoms with E-state index in [-0.39, 0.29) is 11.8 Å². The number of thioether (sulfide) groups is 1. The lowest BCUT2D eigenvalue weighted by Gasteiger charge is -2.14. The third kappa shape index (κ3) is 5.48. The fourth-order valence-corrected chi connectivity index (χ4v) is 3.81. The molecule has 148 valence electrons. The summed E-state index contributed by atoms with van der Waals surface area (Å²) in [4.78, 5) is 26.0. The van der Waals surface area contributed by atoms with Gasteiger partial charge in [-0.1, -0.05) is 42.0 Å². The lowest BCUT2D eigenvalue weighted by molar-refractivity contribution is -0.113. The molecule has 2 amide bonds. The number of amides is 2. The monoisotopic (exact) mass is 404 g/mol. The Morgan fingerprint density at radius 3 is 2.24 bits per heavy atom. The minimum absolute atomic E-state index is 0.0782. The maximum absolute atomic E-state index is 12.5. The Balaban J connectivity index is 1.65. The minimum Gasteiger partial charge on any atom is -0.325 e. The van der Waals surface area contributed by atoms with Gasteiger partial charge in [0.15, 0.2) is 0 Å².